The predicted octanol–water partition coefficient (Wildman–Crippen LogP) is 3.16. The van der Waals surface area contributed by atoms with Crippen LogP contribution in [-0.2, 0) is 20.9 Å². The summed E-state index contributed by atoms with van der Waals surface area (Å²) in [6.45, 7) is 9.88. The summed E-state index contributed by atoms with van der Waals surface area (Å²) in [5.74, 6) is -0.209. The molecule has 0 aromatic carbocycles. The molecule has 0 aliphatic carbocycles. The Balaban J connectivity index is 2.76. The zero-order valence-electron chi connectivity index (χ0n) is 14.1. The highest BCUT2D eigenvalue weighted by Crippen LogP contribution is 2.19. The first kappa shape index (κ1) is 18.2. The van der Waals surface area contributed by atoms with Crippen molar-refractivity contribution in [2.24, 2.45) is 11.8 Å². The first-order valence-corrected chi connectivity index (χ1v) is 7.79. The maximum absolute atomic E-state index is 12.3. The Morgan fingerprint density at radius 2 is 1.95 bits per heavy atom. The van der Waals surface area contributed by atoms with Gasteiger partial charge in [0, 0.05) is 12.5 Å². The summed E-state index contributed by atoms with van der Waals surface area (Å²) in [5.41, 5.74) is 0. The summed E-state index contributed by atoms with van der Waals surface area (Å²) in [6.07, 6.45) is 3.34. The number of ether oxygens (including phenoxy) is 1. The third-order valence-corrected chi connectivity index (χ3v) is 3.10. The van der Waals surface area contributed by atoms with Gasteiger partial charge in [0.1, 0.15) is 0 Å². The number of aromatic nitrogens is 1. The molecule has 22 heavy (non-hydrogen) atoms. The molecule has 6 heteroatoms. The van der Waals surface area contributed by atoms with E-state index in [0.29, 0.717) is 12.3 Å². The standard InChI is InChI=1S/C16H26N2O4/c1-6-7-8-18(14(19)11(2)3)16-17-9-13(22-16)10-21-15(20)12(4)5/h9,11-12H,6-8,10H2,1-5H3. The second-order valence-corrected chi connectivity index (χ2v) is 5.87. The van der Waals surface area contributed by atoms with Crippen LogP contribution in [0.2, 0.25) is 0 Å². The van der Waals surface area contributed by atoms with Crippen LogP contribution in [0.4, 0.5) is 6.01 Å². The Bertz CT molecular complexity index is 494. The lowest BCUT2D eigenvalue weighted by molar-refractivity contribution is -0.149. The molecule has 1 aromatic heterocycles. The Morgan fingerprint density at radius 1 is 1.27 bits per heavy atom. The van der Waals surface area contributed by atoms with Gasteiger partial charge in [-0.3, -0.25) is 14.5 Å². The molecular weight excluding hydrogens is 284 g/mol. The largest absolute Gasteiger partial charge is 0.457 e. The Labute approximate surface area is 131 Å². The van der Waals surface area contributed by atoms with Gasteiger partial charge in [0.2, 0.25) is 5.91 Å². The number of esters is 1. The van der Waals surface area contributed by atoms with Gasteiger partial charge in [-0.15, -0.1) is 0 Å². The van der Waals surface area contributed by atoms with E-state index < -0.39 is 0 Å². The van der Waals surface area contributed by atoms with Crippen molar-refractivity contribution in [3.8, 4) is 0 Å². The molecule has 0 saturated carbocycles. The quantitative estimate of drug-likeness (QED) is 0.690. The molecule has 124 valence electrons. The van der Waals surface area contributed by atoms with Crippen molar-refractivity contribution in [3.05, 3.63) is 12.0 Å². The lowest BCUT2D eigenvalue weighted by Crippen LogP contribution is -2.35. The highest BCUT2D eigenvalue weighted by Gasteiger charge is 2.23. The van der Waals surface area contributed by atoms with Gasteiger partial charge in [-0.2, -0.15) is 0 Å². The van der Waals surface area contributed by atoms with Gasteiger partial charge in [0.05, 0.1) is 12.1 Å². The van der Waals surface area contributed by atoms with Gasteiger partial charge in [-0.1, -0.05) is 41.0 Å². The lowest BCUT2D eigenvalue weighted by atomic mass is 10.2. The molecule has 0 aliphatic heterocycles. The zero-order valence-corrected chi connectivity index (χ0v) is 14.1. The molecule has 0 atom stereocenters. The van der Waals surface area contributed by atoms with Gasteiger partial charge in [0.25, 0.3) is 0 Å². The molecule has 0 unspecified atom stereocenters. The zero-order chi connectivity index (χ0) is 16.7. The first-order valence-electron chi connectivity index (χ1n) is 7.79. The molecule has 0 spiro atoms. The van der Waals surface area contributed by atoms with Crippen LogP contribution in [0.5, 0.6) is 0 Å². The van der Waals surface area contributed by atoms with Crippen molar-refractivity contribution in [2.75, 3.05) is 11.4 Å². The van der Waals surface area contributed by atoms with Gasteiger partial charge >= 0.3 is 12.0 Å². The number of rotatable bonds is 8. The summed E-state index contributed by atoms with van der Waals surface area (Å²) in [4.78, 5) is 29.4. The minimum absolute atomic E-state index is 0.0268. The van der Waals surface area contributed by atoms with E-state index in [4.69, 9.17) is 9.15 Å². The molecule has 0 aliphatic rings. The number of anilines is 1. The van der Waals surface area contributed by atoms with Crippen LogP contribution in [0.25, 0.3) is 0 Å². The highest BCUT2D eigenvalue weighted by molar-refractivity contribution is 5.92. The third kappa shape index (κ3) is 5.16. The van der Waals surface area contributed by atoms with Crippen molar-refractivity contribution in [2.45, 2.75) is 54.1 Å². The van der Waals surface area contributed by atoms with Crippen LogP contribution in [-0.4, -0.2) is 23.4 Å². The Hall–Kier alpha value is -1.85. The Morgan fingerprint density at radius 3 is 2.50 bits per heavy atom. The van der Waals surface area contributed by atoms with Crippen LogP contribution in [0, 0.1) is 11.8 Å². The van der Waals surface area contributed by atoms with E-state index in [1.54, 1.807) is 18.7 Å². The second kappa shape index (κ2) is 8.56. The molecule has 6 nitrogen and oxygen atoms in total. The number of nitrogens with zero attached hydrogens (tertiary/aromatic N) is 2. The number of hydrogen-bond acceptors (Lipinski definition) is 5. The maximum Gasteiger partial charge on any atom is 0.308 e. The van der Waals surface area contributed by atoms with Crippen LogP contribution in [0.15, 0.2) is 10.6 Å². The number of carbonyl (C=O) groups excluding carboxylic acids is 2. The van der Waals surface area contributed by atoms with Gasteiger partial charge in [-0.05, 0) is 6.42 Å². The Kier molecular flexibility index (Phi) is 7.08. The summed E-state index contributed by atoms with van der Waals surface area (Å²) in [7, 11) is 0. The van der Waals surface area contributed by atoms with Gasteiger partial charge < -0.3 is 9.15 Å². The fraction of sp³-hybridized carbons (Fsp3) is 0.688. The summed E-state index contributed by atoms with van der Waals surface area (Å²) in [6, 6.07) is 0.266. The van der Waals surface area contributed by atoms with Crippen molar-refractivity contribution in [1.82, 2.24) is 4.98 Å². The van der Waals surface area contributed by atoms with E-state index in [1.165, 1.54) is 6.20 Å². The normalized spacial score (nSPS) is 11.0. The molecule has 0 saturated heterocycles. The van der Waals surface area contributed by atoms with E-state index in [9.17, 15) is 9.59 Å². The molecule has 0 radical (unpaired) electrons. The van der Waals surface area contributed by atoms with Crippen LogP contribution < -0.4 is 4.90 Å². The monoisotopic (exact) mass is 310 g/mol. The molecule has 0 fully saturated rings. The molecule has 1 heterocycles. The highest BCUT2D eigenvalue weighted by atomic mass is 16.5. The number of oxazole rings is 1. The summed E-state index contributed by atoms with van der Waals surface area (Å²) in [5, 5.41) is 0. The predicted molar refractivity (Wildman–Crippen MR) is 83.2 cm³/mol. The molecule has 1 amide bonds. The summed E-state index contributed by atoms with van der Waals surface area (Å²) < 4.78 is 10.7. The fourth-order valence-electron chi connectivity index (χ4n) is 1.73. The van der Waals surface area contributed by atoms with Crippen molar-refractivity contribution in [3.63, 3.8) is 0 Å². The summed E-state index contributed by atoms with van der Waals surface area (Å²) >= 11 is 0. The van der Waals surface area contributed by atoms with Crippen LogP contribution in [0.3, 0.4) is 0 Å². The number of carbonyl (C=O) groups is 2. The maximum atomic E-state index is 12.3. The average molecular weight is 310 g/mol. The lowest BCUT2D eigenvalue weighted by Gasteiger charge is -2.20. The number of unbranched alkanes of at least 4 members (excludes halogenated alkanes) is 1. The third-order valence-electron chi connectivity index (χ3n) is 3.10. The second-order valence-electron chi connectivity index (χ2n) is 5.87. The van der Waals surface area contributed by atoms with Crippen molar-refractivity contribution < 1.29 is 18.7 Å². The van der Waals surface area contributed by atoms with Gasteiger partial charge in [-0.25, -0.2) is 4.98 Å². The minimum Gasteiger partial charge on any atom is -0.457 e. The first-order chi connectivity index (χ1) is 10.4. The van der Waals surface area contributed by atoms with Crippen molar-refractivity contribution in [1.29, 1.82) is 0 Å². The van der Waals surface area contributed by atoms with E-state index in [0.717, 1.165) is 12.8 Å². The molecule has 1 aromatic rings. The van der Waals surface area contributed by atoms with Crippen molar-refractivity contribution >= 4 is 17.9 Å². The van der Waals surface area contributed by atoms with E-state index >= 15 is 0 Å². The topological polar surface area (TPSA) is 72.6 Å². The number of hydrogen-bond donors (Lipinski definition) is 0. The van der Waals surface area contributed by atoms with Crippen LogP contribution >= 0.6 is 0 Å². The smallest absolute Gasteiger partial charge is 0.308 e. The van der Waals surface area contributed by atoms with E-state index in [2.05, 4.69) is 11.9 Å². The fourth-order valence-corrected chi connectivity index (χ4v) is 1.73. The minimum atomic E-state index is -0.293. The molecule has 0 bridgehead atoms. The average Bonchev–Trinajstić information content (AvgIpc) is 2.93. The van der Waals surface area contributed by atoms with Crippen LogP contribution in [0.1, 0.15) is 53.2 Å². The SMILES string of the molecule is CCCCN(C(=O)C(C)C)c1ncc(COC(=O)C(C)C)o1. The van der Waals surface area contributed by atoms with E-state index in [-0.39, 0.29) is 36.3 Å². The van der Waals surface area contributed by atoms with E-state index in [1.807, 2.05) is 13.8 Å². The molecule has 1 rings (SSSR count). The molecular formula is C16H26N2O4. The number of amides is 1. The van der Waals surface area contributed by atoms with Gasteiger partial charge in [0.15, 0.2) is 12.4 Å². The molecule has 0 N–H and O–H groups in total.